The maximum Gasteiger partial charge on any atom is 0.416 e. The van der Waals surface area contributed by atoms with Crippen LogP contribution in [-0.2, 0) is 6.18 Å². The van der Waals surface area contributed by atoms with Crippen LogP contribution in [0.15, 0.2) is 78.9 Å². The van der Waals surface area contributed by atoms with Crippen LogP contribution < -0.4 is 21.5 Å². The molecule has 5 aromatic rings. The first kappa shape index (κ1) is 23.9. The molecule has 0 atom stereocenters. The lowest BCUT2D eigenvalue weighted by molar-refractivity contribution is -0.137. The monoisotopic (exact) mass is 502 g/mol. The number of rotatable bonds is 5. The standard InChI is InChI=1S/C27H21F3N6O/c1-37-24-5-3-2-4-18(24)23-14-25(36-26(32)35-23)33-17-10-11-21-19(12-17)20(31)13-22(34-21)15-6-8-16(9-7-15)27(28,29)30/h2-14H,1H3,(H2,31,34)(H3,32,33,35,36). The van der Waals surface area contributed by atoms with E-state index in [9.17, 15) is 13.2 Å². The summed E-state index contributed by atoms with van der Waals surface area (Å²) in [6.07, 6.45) is -4.40. The summed E-state index contributed by atoms with van der Waals surface area (Å²) in [5.41, 5.74) is 15.6. The molecule has 7 nitrogen and oxygen atoms in total. The molecule has 0 radical (unpaired) electrons. The summed E-state index contributed by atoms with van der Waals surface area (Å²) >= 11 is 0. The molecule has 0 bridgehead atoms. The summed E-state index contributed by atoms with van der Waals surface area (Å²) in [5, 5.41) is 3.89. The molecular weight excluding hydrogens is 481 g/mol. The highest BCUT2D eigenvalue weighted by atomic mass is 19.4. The molecule has 37 heavy (non-hydrogen) atoms. The Kier molecular flexibility index (Phi) is 6.00. The van der Waals surface area contributed by atoms with E-state index in [1.54, 1.807) is 31.4 Å². The number of methoxy groups -OCH3 is 1. The predicted molar refractivity (Wildman–Crippen MR) is 138 cm³/mol. The van der Waals surface area contributed by atoms with Crippen LogP contribution in [0, 0.1) is 0 Å². The number of hydrogen-bond donors (Lipinski definition) is 3. The van der Waals surface area contributed by atoms with E-state index in [2.05, 4.69) is 20.3 Å². The summed E-state index contributed by atoms with van der Waals surface area (Å²) in [4.78, 5) is 13.2. The molecular formula is C27H21F3N6O. The Labute approximate surface area is 210 Å². The van der Waals surface area contributed by atoms with Crippen LogP contribution in [0.25, 0.3) is 33.4 Å². The van der Waals surface area contributed by atoms with Crippen LogP contribution in [0.1, 0.15) is 5.56 Å². The lowest BCUT2D eigenvalue weighted by atomic mass is 10.1. The highest BCUT2D eigenvalue weighted by Crippen LogP contribution is 2.34. The number of fused-ring (bicyclic) bond motifs is 1. The topological polar surface area (TPSA) is 112 Å². The smallest absolute Gasteiger partial charge is 0.416 e. The third-order valence-electron chi connectivity index (χ3n) is 5.75. The van der Waals surface area contributed by atoms with Crippen LogP contribution >= 0.6 is 0 Å². The van der Waals surface area contributed by atoms with Gasteiger partial charge in [0.1, 0.15) is 11.6 Å². The van der Waals surface area contributed by atoms with E-state index < -0.39 is 11.7 Å². The van der Waals surface area contributed by atoms with Gasteiger partial charge in [-0.25, -0.2) is 9.97 Å². The molecule has 5 N–H and O–H groups in total. The lowest BCUT2D eigenvalue weighted by Crippen LogP contribution is -2.04. The number of nitrogens with zero attached hydrogens (tertiary/aromatic N) is 3. The van der Waals surface area contributed by atoms with E-state index in [4.69, 9.17) is 16.2 Å². The van der Waals surface area contributed by atoms with Gasteiger partial charge in [-0.2, -0.15) is 18.2 Å². The molecule has 2 aromatic heterocycles. The number of nitrogens with one attached hydrogen (secondary N) is 1. The van der Waals surface area contributed by atoms with Gasteiger partial charge in [-0.1, -0.05) is 24.3 Å². The average Bonchev–Trinajstić information content (AvgIpc) is 2.88. The first-order valence-corrected chi connectivity index (χ1v) is 11.1. The molecule has 10 heteroatoms. The Bertz CT molecular complexity index is 1600. The summed E-state index contributed by atoms with van der Waals surface area (Å²) in [6, 6.07) is 21.0. The highest BCUT2D eigenvalue weighted by Gasteiger charge is 2.30. The molecule has 0 saturated heterocycles. The van der Waals surface area contributed by atoms with Gasteiger partial charge in [0.05, 0.1) is 29.6 Å². The van der Waals surface area contributed by atoms with Gasteiger partial charge in [-0.05, 0) is 48.5 Å². The molecule has 0 saturated carbocycles. The first-order valence-electron chi connectivity index (χ1n) is 11.1. The van der Waals surface area contributed by atoms with Crippen molar-refractivity contribution in [2.24, 2.45) is 0 Å². The van der Waals surface area contributed by atoms with Crippen molar-refractivity contribution < 1.29 is 17.9 Å². The van der Waals surface area contributed by atoms with Crippen molar-refractivity contribution in [3.05, 3.63) is 84.4 Å². The third kappa shape index (κ3) is 4.94. The van der Waals surface area contributed by atoms with Crippen molar-refractivity contribution in [1.29, 1.82) is 0 Å². The molecule has 3 aromatic carbocycles. The number of pyridine rings is 1. The number of ether oxygens (including phenoxy) is 1. The number of hydrogen-bond acceptors (Lipinski definition) is 7. The van der Waals surface area contributed by atoms with E-state index in [-0.39, 0.29) is 5.95 Å². The van der Waals surface area contributed by atoms with Gasteiger partial charge in [0.2, 0.25) is 5.95 Å². The number of anilines is 4. The van der Waals surface area contributed by atoms with Crippen molar-refractivity contribution in [3.63, 3.8) is 0 Å². The second kappa shape index (κ2) is 9.30. The SMILES string of the molecule is COc1ccccc1-c1cc(Nc2ccc3nc(-c4ccc(C(F)(F)F)cc4)cc(N)c3c2)nc(N)n1. The minimum atomic E-state index is -4.40. The van der Waals surface area contributed by atoms with Crippen molar-refractivity contribution in [1.82, 2.24) is 15.0 Å². The summed E-state index contributed by atoms with van der Waals surface area (Å²) in [5.74, 6) is 1.22. The summed E-state index contributed by atoms with van der Waals surface area (Å²) in [7, 11) is 1.58. The van der Waals surface area contributed by atoms with Gasteiger partial charge in [0, 0.05) is 34.0 Å². The normalized spacial score (nSPS) is 11.5. The fraction of sp³-hybridized carbons (Fsp3) is 0.0741. The van der Waals surface area contributed by atoms with Crippen molar-refractivity contribution in [3.8, 4) is 28.3 Å². The Morgan fingerprint density at radius 1 is 0.811 bits per heavy atom. The van der Waals surface area contributed by atoms with Crippen LogP contribution in [0.4, 0.5) is 36.3 Å². The summed E-state index contributed by atoms with van der Waals surface area (Å²) < 4.78 is 44.1. The van der Waals surface area contributed by atoms with Gasteiger partial charge < -0.3 is 21.5 Å². The van der Waals surface area contributed by atoms with E-state index in [0.29, 0.717) is 50.8 Å². The van der Waals surface area contributed by atoms with E-state index in [1.807, 2.05) is 30.3 Å². The van der Waals surface area contributed by atoms with Crippen LogP contribution in [0.5, 0.6) is 5.75 Å². The van der Waals surface area contributed by atoms with Gasteiger partial charge in [0.25, 0.3) is 0 Å². The number of aromatic nitrogens is 3. The highest BCUT2D eigenvalue weighted by molar-refractivity contribution is 5.95. The molecule has 0 amide bonds. The number of nitrogen functional groups attached to an aromatic ring is 2. The Balaban J connectivity index is 1.45. The van der Waals surface area contributed by atoms with Gasteiger partial charge in [-0.3, -0.25) is 0 Å². The van der Waals surface area contributed by atoms with Crippen molar-refractivity contribution in [2.45, 2.75) is 6.18 Å². The molecule has 0 aliphatic heterocycles. The van der Waals surface area contributed by atoms with Crippen LogP contribution in [-0.4, -0.2) is 22.1 Å². The average molecular weight is 503 g/mol. The first-order chi connectivity index (χ1) is 17.7. The fourth-order valence-electron chi connectivity index (χ4n) is 3.98. The van der Waals surface area contributed by atoms with Crippen molar-refractivity contribution in [2.75, 3.05) is 23.9 Å². The van der Waals surface area contributed by atoms with Gasteiger partial charge in [-0.15, -0.1) is 0 Å². The Morgan fingerprint density at radius 2 is 1.57 bits per heavy atom. The fourth-order valence-corrected chi connectivity index (χ4v) is 3.98. The number of nitrogens with two attached hydrogens (primary N) is 2. The maximum atomic E-state index is 12.9. The number of halogens is 3. The molecule has 0 fully saturated rings. The molecule has 0 aliphatic rings. The van der Waals surface area contributed by atoms with Crippen LogP contribution in [0.2, 0.25) is 0 Å². The zero-order chi connectivity index (χ0) is 26.2. The van der Waals surface area contributed by atoms with Gasteiger partial charge in [0.15, 0.2) is 0 Å². The predicted octanol–water partition coefficient (Wildman–Crippen LogP) is 6.29. The molecule has 0 unspecified atom stereocenters. The molecule has 186 valence electrons. The number of para-hydroxylation sites is 1. The Morgan fingerprint density at radius 3 is 2.30 bits per heavy atom. The van der Waals surface area contributed by atoms with Gasteiger partial charge >= 0.3 is 6.18 Å². The van der Waals surface area contributed by atoms with Crippen molar-refractivity contribution >= 4 is 34.0 Å². The maximum absolute atomic E-state index is 12.9. The molecule has 0 aliphatic carbocycles. The minimum Gasteiger partial charge on any atom is -0.496 e. The summed E-state index contributed by atoms with van der Waals surface area (Å²) in [6.45, 7) is 0. The molecule has 2 heterocycles. The van der Waals surface area contributed by atoms with E-state index in [0.717, 1.165) is 17.7 Å². The number of alkyl halides is 3. The zero-order valence-corrected chi connectivity index (χ0v) is 19.5. The minimum absolute atomic E-state index is 0.0917. The molecule has 0 spiro atoms. The number of benzene rings is 3. The van der Waals surface area contributed by atoms with E-state index in [1.165, 1.54) is 12.1 Å². The lowest BCUT2D eigenvalue weighted by Gasteiger charge is -2.12. The van der Waals surface area contributed by atoms with E-state index >= 15 is 0 Å². The quantitative estimate of drug-likeness (QED) is 0.259. The third-order valence-corrected chi connectivity index (χ3v) is 5.75. The largest absolute Gasteiger partial charge is 0.496 e. The second-order valence-corrected chi connectivity index (χ2v) is 8.23. The van der Waals surface area contributed by atoms with Crippen LogP contribution in [0.3, 0.4) is 0 Å². The zero-order valence-electron chi connectivity index (χ0n) is 19.5. The Hall–Kier alpha value is -4.86. The second-order valence-electron chi connectivity index (χ2n) is 8.23. The molecule has 5 rings (SSSR count).